The Morgan fingerprint density at radius 1 is 0.875 bits per heavy atom. The van der Waals surface area contributed by atoms with Crippen molar-refractivity contribution < 1.29 is 22.8 Å². The van der Waals surface area contributed by atoms with Crippen LogP contribution < -0.4 is 11.1 Å². The zero-order valence-corrected chi connectivity index (χ0v) is 26.3. The van der Waals surface area contributed by atoms with Crippen molar-refractivity contribution in [3.05, 3.63) is 126 Å². The number of benzene rings is 3. The number of carbonyl (C=O) groups excluding carboxylic acids is 2. The first-order valence-corrected chi connectivity index (χ1v) is 15.6. The van der Waals surface area contributed by atoms with Crippen molar-refractivity contribution in [1.29, 1.82) is 0 Å². The number of piperidine rings is 1. The molecule has 1 saturated heterocycles. The Balaban J connectivity index is 1.23. The highest BCUT2D eigenvalue weighted by molar-refractivity contribution is 5.95. The van der Waals surface area contributed by atoms with E-state index in [1.165, 1.54) is 23.1 Å². The molecule has 1 aliphatic heterocycles. The number of hydrogen-bond acceptors (Lipinski definition) is 4. The van der Waals surface area contributed by atoms with Gasteiger partial charge < -0.3 is 20.5 Å². The van der Waals surface area contributed by atoms with Crippen LogP contribution in [0.3, 0.4) is 0 Å². The maximum absolute atomic E-state index is 13.9. The predicted octanol–water partition coefficient (Wildman–Crippen LogP) is 7.34. The van der Waals surface area contributed by atoms with Crippen molar-refractivity contribution in [2.75, 3.05) is 18.8 Å². The van der Waals surface area contributed by atoms with Crippen LogP contribution in [0.5, 0.6) is 0 Å². The SMILES string of the molecule is Cn1c(CNC(=O)/C=C/c2ccc(N)nc2)ccc1-c1ccc(-c2ccc(C(=O)N3CCC(F)(F)CC3)cc2)cc1-c1ccc(F)cc1. The summed E-state index contributed by atoms with van der Waals surface area (Å²) in [5, 5.41) is 2.91. The lowest BCUT2D eigenvalue weighted by Crippen LogP contribution is -2.42. The molecule has 48 heavy (non-hydrogen) atoms. The topological polar surface area (TPSA) is 93.2 Å². The van der Waals surface area contributed by atoms with Crippen molar-refractivity contribution >= 4 is 23.7 Å². The highest BCUT2D eigenvalue weighted by Gasteiger charge is 2.35. The molecule has 2 aromatic heterocycles. The first-order valence-electron chi connectivity index (χ1n) is 15.6. The van der Waals surface area contributed by atoms with E-state index in [9.17, 15) is 22.8 Å². The van der Waals surface area contributed by atoms with Gasteiger partial charge in [-0.25, -0.2) is 18.2 Å². The molecule has 5 aromatic rings. The molecule has 7 nitrogen and oxygen atoms in total. The second-order valence-corrected chi connectivity index (χ2v) is 11.8. The lowest BCUT2D eigenvalue weighted by atomic mass is 9.92. The smallest absolute Gasteiger partial charge is 0.253 e. The van der Waals surface area contributed by atoms with Crippen LogP contribution in [-0.4, -0.2) is 45.3 Å². The Morgan fingerprint density at radius 3 is 2.25 bits per heavy atom. The molecule has 0 unspecified atom stereocenters. The number of likely N-dealkylation sites (tertiary alicyclic amines) is 1. The van der Waals surface area contributed by atoms with Gasteiger partial charge in [-0.05, 0) is 88.5 Å². The van der Waals surface area contributed by atoms with Crippen LogP contribution in [0.1, 0.15) is 34.5 Å². The first kappa shape index (κ1) is 32.3. The summed E-state index contributed by atoms with van der Waals surface area (Å²) in [6, 6.07) is 26.8. The Labute approximate surface area is 276 Å². The average molecular weight is 650 g/mol. The lowest BCUT2D eigenvalue weighted by molar-refractivity contribution is -0.116. The number of hydrogen-bond donors (Lipinski definition) is 2. The van der Waals surface area contributed by atoms with Gasteiger partial charge >= 0.3 is 0 Å². The molecule has 0 aliphatic carbocycles. The van der Waals surface area contributed by atoms with Crippen LogP contribution in [0.15, 0.2) is 103 Å². The van der Waals surface area contributed by atoms with Gasteiger partial charge in [-0.15, -0.1) is 0 Å². The molecule has 10 heteroatoms. The highest BCUT2D eigenvalue weighted by atomic mass is 19.3. The van der Waals surface area contributed by atoms with Gasteiger partial charge in [0.05, 0.1) is 6.54 Å². The molecule has 3 aromatic carbocycles. The largest absolute Gasteiger partial charge is 0.384 e. The summed E-state index contributed by atoms with van der Waals surface area (Å²) in [7, 11) is 1.92. The average Bonchev–Trinajstić information content (AvgIpc) is 3.46. The normalized spacial score (nSPS) is 14.3. The fourth-order valence-corrected chi connectivity index (χ4v) is 5.77. The Bertz CT molecular complexity index is 1960. The quantitative estimate of drug-likeness (QED) is 0.172. The van der Waals surface area contributed by atoms with Gasteiger partial charge in [0.15, 0.2) is 0 Å². The van der Waals surface area contributed by atoms with Crippen LogP contribution in [0.4, 0.5) is 19.0 Å². The Morgan fingerprint density at radius 2 is 1.56 bits per heavy atom. The van der Waals surface area contributed by atoms with Gasteiger partial charge in [0.25, 0.3) is 11.8 Å². The third kappa shape index (κ3) is 7.33. The summed E-state index contributed by atoms with van der Waals surface area (Å²) >= 11 is 0. The van der Waals surface area contributed by atoms with Crippen LogP contribution in [-0.2, 0) is 18.4 Å². The number of pyridine rings is 1. The van der Waals surface area contributed by atoms with E-state index in [1.54, 1.807) is 48.7 Å². The number of rotatable bonds is 8. The van der Waals surface area contributed by atoms with Gasteiger partial charge in [-0.1, -0.05) is 36.4 Å². The maximum Gasteiger partial charge on any atom is 0.253 e. The Kier molecular flexibility index (Phi) is 9.16. The molecule has 1 aliphatic rings. The van der Waals surface area contributed by atoms with E-state index in [1.807, 2.05) is 54.1 Å². The number of nitrogens with zero attached hydrogens (tertiary/aromatic N) is 3. The molecule has 0 spiro atoms. The fraction of sp³-hybridized carbons (Fsp3) is 0.184. The minimum atomic E-state index is -2.72. The van der Waals surface area contributed by atoms with Crippen molar-refractivity contribution in [2.45, 2.75) is 25.3 Å². The van der Waals surface area contributed by atoms with Crippen LogP contribution >= 0.6 is 0 Å². The molecule has 3 N–H and O–H groups in total. The second kappa shape index (κ2) is 13.6. The predicted molar refractivity (Wildman–Crippen MR) is 181 cm³/mol. The number of nitrogens with two attached hydrogens (primary N) is 1. The summed E-state index contributed by atoms with van der Waals surface area (Å²) < 4.78 is 43.1. The van der Waals surface area contributed by atoms with Gasteiger partial charge in [0.2, 0.25) is 5.91 Å². The zero-order chi connectivity index (χ0) is 33.8. The number of carbonyl (C=O) groups is 2. The van der Waals surface area contributed by atoms with Crippen molar-refractivity contribution in [3.63, 3.8) is 0 Å². The third-order valence-corrected chi connectivity index (χ3v) is 8.60. The summed E-state index contributed by atoms with van der Waals surface area (Å²) in [5.74, 6) is -3.17. The molecule has 3 heterocycles. The van der Waals surface area contributed by atoms with Gasteiger partial charge in [-0.2, -0.15) is 0 Å². The highest BCUT2D eigenvalue weighted by Crippen LogP contribution is 2.37. The van der Waals surface area contributed by atoms with Crippen LogP contribution in [0, 0.1) is 5.82 Å². The van der Waals surface area contributed by atoms with Crippen molar-refractivity contribution in [2.24, 2.45) is 7.05 Å². The standard InChI is InChI=1S/C38H34F3N5O2/c1-45-31(24-44-36(47)17-3-25-2-16-35(42)43-23-25)13-15-34(45)32-14-10-29(22-33(32)27-8-11-30(39)12-9-27)26-4-6-28(7-5-26)37(48)46-20-18-38(40,41)19-21-46/h2-17,22-23H,18-21,24H2,1H3,(H2,42,43)(H,44,47)/b17-3+. The molecule has 2 amide bonds. The van der Waals surface area contributed by atoms with E-state index in [0.29, 0.717) is 17.9 Å². The third-order valence-electron chi connectivity index (χ3n) is 8.60. The summed E-state index contributed by atoms with van der Waals surface area (Å²) in [5.41, 5.74) is 13.0. The number of aromatic nitrogens is 2. The number of amides is 2. The minimum absolute atomic E-state index is 0.0306. The molecule has 0 atom stereocenters. The molecule has 0 radical (unpaired) electrons. The van der Waals surface area contributed by atoms with Crippen LogP contribution in [0.25, 0.3) is 39.6 Å². The molecule has 0 saturated carbocycles. The lowest BCUT2D eigenvalue weighted by Gasteiger charge is -2.31. The van der Waals surface area contributed by atoms with E-state index >= 15 is 0 Å². The van der Waals surface area contributed by atoms with E-state index in [0.717, 1.165) is 44.8 Å². The summed E-state index contributed by atoms with van der Waals surface area (Å²) in [6.07, 6.45) is 4.05. The number of nitrogen functional groups attached to an aromatic ring is 1. The van der Waals surface area contributed by atoms with E-state index in [-0.39, 0.29) is 43.6 Å². The van der Waals surface area contributed by atoms with Gasteiger partial charge in [0.1, 0.15) is 11.6 Å². The maximum atomic E-state index is 13.9. The molecule has 6 rings (SSSR count). The van der Waals surface area contributed by atoms with Crippen molar-refractivity contribution in [3.8, 4) is 33.5 Å². The zero-order valence-electron chi connectivity index (χ0n) is 26.3. The minimum Gasteiger partial charge on any atom is -0.384 e. The number of halogens is 3. The summed E-state index contributed by atoms with van der Waals surface area (Å²) in [4.78, 5) is 31.0. The van der Waals surface area contributed by atoms with Gasteiger partial charge in [0, 0.05) is 67.8 Å². The van der Waals surface area contributed by atoms with Crippen LogP contribution in [0.2, 0.25) is 0 Å². The van der Waals surface area contributed by atoms with Gasteiger partial charge in [-0.3, -0.25) is 9.59 Å². The van der Waals surface area contributed by atoms with E-state index < -0.39 is 5.92 Å². The molecular formula is C38H34F3N5O2. The number of alkyl halides is 2. The first-order chi connectivity index (χ1) is 23.1. The van der Waals surface area contributed by atoms with Crippen molar-refractivity contribution in [1.82, 2.24) is 19.8 Å². The molecule has 1 fully saturated rings. The number of nitrogens with one attached hydrogen (secondary N) is 1. The molecular weight excluding hydrogens is 615 g/mol. The van der Waals surface area contributed by atoms with E-state index in [2.05, 4.69) is 10.3 Å². The molecule has 0 bridgehead atoms. The monoisotopic (exact) mass is 649 g/mol. The molecule has 244 valence electrons. The number of anilines is 1. The second-order valence-electron chi connectivity index (χ2n) is 11.8. The van der Waals surface area contributed by atoms with E-state index in [4.69, 9.17) is 5.73 Å². The summed E-state index contributed by atoms with van der Waals surface area (Å²) in [6.45, 7) is 0.361. The Hall–Kier alpha value is -5.64. The fourth-order valence-electron chi connectivity index (χ4n) is 5.77.